The molecule has 1 amide bonds. The molecule has 0 unspecified atom stereocenters. The van der Waals surface area contributed by atoms with Crippen molar-refractivity contribution in [2.24, 2.45) is 5.73 Å². The minimum absolute atomic E-state index is 0.00404. The summed E-state index contributed by atoms with van der Waals surface area (Å²) in [4.78, 5) is 15.8. The summed E-state index contributed by atoms with van der Waals surface area (Å²) in [6.07, 6.45) is 0. The molecule has 1 aromatic carbocycles. The van der Waals surface area contributed by atoms with Gasteiger partial charge in [0.05, 0.1) is 0 Å². The van der Waals surface area contributed by atoms with Crippen LogP contribution in [-0.2, 0) is 4.74 Å². The first-order valence-electron chi connectivity index (χ1n) is 5.30. The Bertz CT molecular complexity index is 583. The average Bonchev–Trinajstić information content (AvgIpc) is 2.81. The number of hydrogen-bond acceptors (Lipinski definition) is 5. The molecule has 2 N–H and O–H groups in total. The largest absolute Gasteiger partial charge is 0.449 e. The SMILES string of the molecule is COCOc1nc(-c2ccc(Cl)cc2)sc1C(N)=O. The van der Waals surface area contributed by atoms with Crippen molar-refractivity contribution < 1.29 is 14.3 Å². The fourth-order valence-electron chi connectivity index (χ4n) is 1.39. The van der Waals surface area contributed by atoms with Gasteiger partial charge in [0.2, 0.25) is 5.88 Å². The number of amides is 1. The summed E-state index contributed by atoms with van der Waals surface area (Å²) >= 11 is 6.99. The van der Waals surface area contributed by atoms with Gasteiger partial charge >= 0.3 is 0 Å². The highest BCUT2D eigenvalue weighted by atomic mass is 35.5. The van der Waals surface area contributed by atoms with Crippen LogP contribution in [0.25, 0.3) is 10.6 Å². The number of nitrogens with two attached hydrogens (primary N) is 1. The molecule has 0 radical (unpaired) electrons. The first-order valence-corrected chi connectivity index (χ1v) is 6.49. The van der Waals surface area contributed by atoms with Crippen LogP contribution in [0.1, 0.15) is 9.67 Å². The smallest absolute Gasteiger partial charge is 0.264 e. The van der Waals surface area contributed by atoms with E-state index >= 15 is 0 Å². The van der Waals surface area contributed by atoms with Gasteiger partial charge in [-0.05, 0) is 12.1 Å². The van der Waals surface area contributed by atoms with E-state index in [1.807, 2.05) is 12.1 Å². The minimum Gasteiger partial charge on any atom is -0.449 e. The molecule has 0 saturated heterocycles. The molecule has 0 aliphatic heterocycles. The maximum absolute atomic E-state index is 11.3. The fourth-order valence-corrected chi connectivity index (χ4v) is 2.38. The summed E-state index contributed by atoms with van der Waals surface area (Å²) in [5, 5.41) is 1.27. The Morgan fingerprint density at radius 1 is 1.42 bits per heavy atom. The fraction of sp³-hybridized carbons (Fsp3) is 0.167. The maximum Gasteiger partial charge on any atom is 0.264 e. The third kappa shape index (κ3) is 3.23. The molecule has 1 heterocycles. The van der Waals surface area contributed by atoms with Crippen LogP contribution in [0, 0.1) is 0 Å². The number of benzene rings is 1. The Morgan fingerprint density at radius 2 is 2.11 bits per heavy atom. The number of carbonyl (C=O) groups excluding carboxylic acids is 1. The van der Waals surface area contributed by atoms with Crippen molar-refractivity contribution in [1.82, 2.24) is 4.98 Å². The first kappa shape index (κ1) is 13.8. The maximum atomic E-state index is 11.3. The third-order valence-electron chi connectivity index (χ3n) is 2.22. The molecule has 2 rings (SSSR count). The van der Waals surface area contributed by atoms with E-state index in [1.54, 1.807) is 12.1 Å². The van der Waals surface area contributed by atoms with E-state index in [-0.39, 0.29) is 17.6 Å². The molecule has 0 fully saturated rings. The summed E-state index contributed by atoms with van der Waals surface area (Å²) in [7, 11) is 1.48. The van der Waals surface area contributed by atoms with Gasteiger partial charge in [0.1, 0.15) is 5.01 Å². The second-order valence-corrected chi connectivity index (χ2v) is 5.01. The summed E-state index contributed by atoms with van der Waals surface area (Å²) in [6, 6.07) is 7.12. The second kappa shape index (κ2) is 6.01. The van der Waals surface area contributed by atoms with E-state index in [1.165, 1.54) is 18.4 Å². The number of methoxy groups -OCH3 is 1. The topological polar surface area (TPSA) is 74.4 Å². The number of aromatic nitrogens is 1. The highest BCUT2D eigenvalue weighted by molar-refractivity contribution is 7.17. The van der Waals surface area contributed by atoms with Crippen LogP contribution in [0.2, 0.25) is 5.02 Å². The predicted octanol–water partition coefficient (Wildman–Crippen LogP) is 2.55. The van der Waals surface area contributed by atoms with Crippen molar-refractivity contribution in [2.45, 2.75) is 0 Å². The predicted molar refractivity (Wildman–Crippen MR) is 73.6 cm³/mol. The Labute approximate surface area is 118 Å². The molecule has 0 saturated carbocycles. The normalized spacial score (nSPS) is 10.4. The molecule has 0 spiro atoms. The minimum atomic E-state index is -0.580. The van der Waals surface area contributed by atoms with Gasteiger partial charge in [0.25, 0.3) is 5.91 Å². The van der Waals surface area contributed by atoms with Gasteiger partial charge in [-0.3, -0.25) is 4.79 Å². The lowest BCUT2D eigenvalue weighted by Gasteiger charge is -2.01. The molecule has 2 aromatic rings. The zero-order valence-electron chi connectivity index (χ0n) is 10.1. The zero-order valence-corrected chi connectivity index (χ0v) is 11.6. The van der Waals surface area contributed by atoms with Crippen molar-refractivity contribution >= 4 is 28.8 Å². The van der Waals surface area contributed by atoms with E-state index in [9.17, 15) is 4.79 Å². The standard InChI is InChI=1S/C12H11ClN2O3S/c1-17-6-18-11-9(10(14)16)19-12(15-11)7-2-4-8(13)5-3-7/h2-5H,6H2,1H3,(H2,14,16). The van der Waals surface area contributed by atoms with Crippen LogP contribution in [0.5, 0.6) is 5.88 Å². The van der Waals surface area contributed by atoms with Crippen LogP contribution in [0.3, 0.4) is 0 Å². The van der Waals surface area contributed by atoms with Crippen LogP contribution >= 0.6 is 22.9 Å². The molecule has 0 bridgehead atoms. The molecule has 0 aliphatic rings. The summed E-state index contributed by atoms with van der Waals surface area (Å²) in [5.74, 6) is -0.395. The quantitative estimate of drug-likeness (QED) is 0.861. The van der Waals surface area contributed by atoms with Crippen molar-refractivity contribution in [2.75, 3.05) is 13.9 Å². The lowest BCUT2D eigenvalue weighted by Crippen LogP contribution is -2.11. The third-order valence-corrected chi connectivity index (χ3v) is 3.58. The van der Waals surface area contributed by atoms with Crippen LogP contribution in [0.4, 0.5) is 0 Å². The number of ether oxygens (including phenoxy) is 2. The van der Waals surface area contributed by atoms with Gasteiger partial charge in [0.15, 0.2) is 11.7 Å². The molecular formula is C12H11ClN2O3S. The Balaban J connectivity index is 2.36. The van der Waals surface area contributed by atoms with Crippen molar-refractivity contribution in [3.05, 3.63) is 34.2 Å². The Kier molecular flexibility index (Phi) is 4.36. The molecule has 5 nitrogen and oxygen atoms in total. The lowest BCUT2D eigenvalue weighted by atomic mass is 10.2. The van der Waals surface area contributed by atoms with Gasteiger partial charge in [0, 0.05) is 17.7 Å². The average molecular weight is 299 g/mol. The number of rotatable bonds is 5. The van der Waals surface area contributed by atoms with Crippen LogP contribution in [-0.4, -0.2) is 24.8 Å². The van der Waals surface area contributed by atoms with E-state index < -0.39 is 5.91 Å². The summed E-state index contributed by atoms with van der Waals surface area (Å²) in [6.45, 7) is 0.00404. The summed E-state index contributed by atoms with van der Waals surface area (Å²) < 4.78 is 10.0. The molecule has 0 atom stereocenters. The number of nitrogens with zero attached hydrogens (tertiary/aromatic N) is 1. The van der Waals surface area contributed by atoms with Crippen molar-refractivity contribution in [3.8, 4) is 16.5 Å². The molecule has 100 valence electrons. The molecular weight excluding hydrogens is 288 g/mol. The molecule has 7 heteroatoms. The van der Waals surface area contributed by atoms with Gasteiger partial charge in [-0.25, -0.2) is 4.98 Å². The molecule has 19 heavy (non-hydrogen) atoms. The second-order valence-electron chi connectivity index (χ2n) is 3.58. The highest BCUT2D eigenvalue weighted by Gasteiger charge is 2.18. The van der Waals surface area contributed by atoms with Gasteiger partial charge in [-0.1, -0.05) is 23.7 Å². The van der Waals surface area contributed by atoms with E-state index in [2.05, 4.69) is 4.98 Å². The number of primary amides is 1. The molecule has 0 aliphatic carbocycles. The van der Waals surface area contributed by atoms with Crippen molar-refractivity contribution in [1.29, 1.82) is 0 Å². The summed E-state index contributed by atoms with van der Waals surface area (Å²) in [5.41, 5.74) is 6.13. The van der Waals surface area contributed by atoms with E-state index in [0.717, 1.165) is 5.56 Å². The van der Waals surface area contributed by atoms with Gasteiger partial charge < -0.3 is 15.2 Å². The number of halogens is 1. The highest BCUT2D eigenvalue weighted by Crippen LogP contribution is 2.32. The van der Waals surface area contributed by atoms with Crippen LogP contribution < -0.4 is 10.5 Å². The lowest BCUT2D eigenvalue weighted by molar-refractivity contribution is 0.0476. The Hall–Kier alpha value is -1.63. The number of hydrogen-bond donors (Lipinski definition) is 1. The first-order chi connectivity index (χ1) is 9.11. The molecule has 1 aromatic heterocycles. The zero-order chi connectivity index (χ0) is 13.8. The van der Waals surface area contributed by atoms with E-state index in [0.29, 0.717) is 10.0 Å². The number of carbonyl (C=O) groups is 1. The number of thiazole rings is 1. The van der Waals surface area contributed by atoms with Crippen LogP contribution in [0.15, 0.2) is 24.3 Å². The monoisotopic (exact) mass is 298 g/mol. The Morgan fingerprint density at radius 3 is 2.68 bits per heavy atom. The van der Waals surface area contributed by atoms with Gasteiger partial charge in [-0.2, -0.15) is 0 Å². The van der Waals surface area contributed by atoms with E-state index in [4.69, 9.17) is 26.8 Å². The van der Waals surface area contributed by atoms with Gasteiger partial charge in [-0.15, -0.1) is 11.3 Å². The van der Waals surface area contributed by atoms with Crippen molar-refractivity contribution in [3.63, 3.8) is 0 Å².